The molecule has 1 fully saturated rings. The Morgan fingerprint density at radius 1 is 1.55 bits per heavy atom. The molecule has 0 radical (unpaired) electrons. The number of thiophene rings is 1. The van der Waals surface area contributed by atoms with E-state index >= 15 is 0 Å². The van der Waals surface area contributed by atoms with Crippen LogP contribution in [0, 0.1) is 6.92 Å². The molecule has 116 valence electrons. The van der Waals surface area contributed by atoms with Crippen molar-refractivity contribution in [3.8, 4) is 0 Å². The fourth-order valence-corrected chi connectivity index (χ4v) is 3.35. The topological polar surface area (TPSA) is 97.1 Å². The monoisotopic (exact) mass is 320 g/mol. The number of hydrogen-bond acceptors (Lipinski definition) is 6. The average Bonchev–Trinajstić information content (AvgIpc) is 3.14. The summed E-state index contributed by atoms with van der Waals surface area (Å²) in [5.74, 6) is -0.137. The highest BCUT2D eigenvalue weighted by Crippen LogP contribution is 2.27. The fourth-order valence-electron chi connectivity index (χ4n) is 2.51. The lowest BCUT2D eigenvalue weighted by atomic mass is 9.96. The van der Waals surface area contributed by atoms with Crippen LogP contribution in [0.2, 0.25) is 0 Å². The Morgan fingerprint density at radius 2 is 2.41 bits per heavy atom. The van der Waals surface area contributed by atoms with E-state index < -0.39 is 0 Å². The number of nitrogens with one attached hydrogen (secondary N) is 2. The summed E-state index contributed by atoms with van der Waals surface area (Å²) in [6.07, 6.45) is 1.16. The molecule has 1 aliphatic heterocycles. The Bertz CT molecular complexity index is 667. The van der Waals surface area contributed by atoms with Gasteiger partial charge in [0.25, 0.3) is 0 Å². The minimum atomic E-state index is -0.179. The molecule has 1 saturated heterocycles. The second-order valence-electron chi connectivity index (χ2n) is 5.25. The second kappa shape index (κ2) is 6.27. The molecule has 2 aromatic rings. The van der Waals surface area contributed by atoms with Crippen LogP contribution in [-0.2, 0) is 16.0 Å². The lowest BCUT2D eigenvalue weighted by Gasteiger charge is -2.32. The fraction of sp³-hybridized carbons (Fsp3) is 0.429. The Kier molecular flexibility index (Phi) is 4.19. The second-order valence-corrected chi connectivity index (χ2v) is 6.23. The molecule has 3 rings (SSSR count). The minimum absolute atomic E-state index is 0.0143. The van der Waals surface area contributed by atoms with Crippen molar-refractivity contribution >= 4 is 23.2 Å². The van der Waals surface area contributed by atoms with Gasteiger partial charge in [-0.1, -0.05) is 16.4 Å². The molecule has 22 heavy (non-hydrogen) atoms. The van der Waals surface area contributed by atoms with Gasteiger partial charge in [0, 0.05) is 11.3 Å². The summed E-state index contributed by atoms with van der Waals surface area (Å²) >= 11 is 1.57. The zero-order valence-electron chi connectivity index (χ0n) is 12.0. The number of carbonyl (C=O) groups excluding carboxylic acids is 2. The van der Waals surface area contributed by atoms with E-state index in [1.165, 1.54) is 0 Å². The SMILES string of the molecule is Cc1nonc1CC(=O)N[C@@H]1CCC(=O)N[C@H]1c1cccs1. The Morgan fingerprint density at radius 3 is 3.09 bits per heavy atom. The van der Waals surface area contributed by atoms with Crippen LogP contribution in [0.3, 0.4) is 0 Å². The van der Waals surface area contributed by atoms with E-state index in [1.54, 1.807) is 18.3 Å². The molecule has 0 spiro atoms. The van der Waals surface area contributed by atoms with Gasteiger partial charge in [-0.25, -0.2) is 4.63 Å². The van der Waals surface area contributed by atoms with Gasteiger partial charge in [0.1, 0.15) is 11.4 Å². The summed E-state index contributed by atoms with van der Waals surface area (Å²) in [5, 5.41) is 15.3. The molecular formula is C14H16N4O3S. The molecule has 0 bridgehead atoms. The molecule has 2 amide bonds. The first-order valence-corrected chi connectivity index (χ1v) is 7.91. The first-order valence-electron chi connectivity index (χ1n) is 7.03. The molecule has 2 atom stereocenters. The maximum atomic E-state index is 12.2. The molecule has 2 aromatic heterocycles. The number of nitrogens with zero attached hydrogens (tertiary/aromatic N) is 2. The number of piperidine rings is 1. The summed E-state index contributed by atoms with van der Waals surface area (Å²) in [4.78, 5) is 24.9. The van der Waals surface area contributed by atoms with Crippen molar-refractivity contribution < 1.29 is 14.2 Å². The number of carbonyl (C=O) groups is 2. The van der Waals surface area contributed by atoms with Gasteiger partial charge in [0.05, 0.1) is 18.5 Å². The van der Waals surface area contributed by atoms with Crippen LogP contribution in [0.4, 0.5) is 0 Å². The number of aromatic nitrogens is 2. The van der Waals surface area contributed by atoms with Gasteiger partial charge < -0.3 is 10.6 Å². The molecule has 1 aliphatic rings. The highest BCUT2D eigenvalue weighted by atomic mass is 32.1. The van der Waals surface area contributed by atoms with Crippen molar-refractivity contribution in [2.24, 2.45) is 0 Å². The van der Waals surface area contributed by atoms with E-state index in [2.05, 4.69) is 25.6 Å². The third kappa shape index (κ3) is 3.16. The summed E-state index contributed by atoms with van der Waals surface area (Å²) in [6.45, 7) is 1.74. The van der Waals surface area contributed by atoms with E-state index in [0.29, 0.717) is 24.2 Å². The lowest BCUT2D eigenvalue weighted by molar-refractivity contribution is -0.126. The highest BCUT2D eigenvalue weighted by Gasteiger charge is 2.31. The zero-order chi connectivity index (χ0) is 15.5. The summed E-state index contributed by atoms with van der Waals surface area (Å²) in [7, 11) is 0. The number of aryl methyl sites for hydroxylation is 1. The van der Waals surface area contributed by atoms with Crippen molar-refractivity contribution in [2.75, 3.05) is 0 Å². The maximum Gasteiger partial charge on any atom is 0.226 e. The summed E-state index contributed by atoms with van der Waals surface area (Å²) in [5.41, 5.74) is 1.15. The first-order chi connectivity index (χ1) is 10.6. The third-order valence-electron chi connectivity index (χ3n) is 3.67. The van der Waals surface area contributed by atoms with Crippen LogP contribution in [0.1, 0.15) is 35.1 Å². The van der Waals surface area contributed by atoms with Crippen molar-refractivity contribution in [3.05, 3.63) is 33.8 Å². The van der Waals surface area contributed by atoms with Crippen LogP contribution in [0.15, 0.2) is 22.1 Å². The van der Waals surface area contributed by atoms with Gasteiger partial charge in [0.15, 0.2) is 0 Å². The Balaban J connectivity index is 1.68. The zero-order valence-corrected chi connectivity index (χ0v) is 12.9. The molecule has 2 N–H and O–H groups in total. The highest BCUT2D eigenvalue weighted by molar-refractivity contribution is 7.10. The Hall–Kier alpha value is -2.22. The van der Waals surface area contributed by atoms with Gasteiger partial charge in [0.2, 0.25) is 11.8 Å². The van der Waals surface area contributed by atoms with E-state index in [-0.39, 0.29) is 30.3 Å². The molecule has 3 heterocycles. The quantitative estimate of drug-likeness (QED) is 0.880. The number of amides is 2. The van der Waals surface area contributed by atoms with Crippen molar-refractivity contribution in [1.29, 1.82) is 0 Å². The van der Waals surface area contributed by atoms with Crippen LogP contribution >= 0.6 is 11.3 Å². The van der Waals surface area contributed by atoms with Gasteiger partial charge in [-0.2, -0.15) is 0 Å². The van der Waals surface area contributed by atoms with Crippen molar-refractivity contribution in [3.63, 3.8) is 0 Å². The van der Waals surface area contributed by atoms with Crippen LogP contribution < -0.4 is 10.6 Å². The van der Waals surface area contributed by atoms with Gasteiger partial charge in [-0.15, -0.1) is 11.3 Å². The van der Waals surface area contributed by atoms with Gasteiger partial charge in [-0.05, 0) is 24.8 Å². The maximum absolute atomic E-state index is 12.2. The van der Waals surface area contributed by atoms with Crippen molar-refractivity contribution in [1.82, 2.24) is 20.9 Å². The van der Waals surface area contributed by atoms with Gasteiger partial charge >= 0.3 is 0 Å². The van der Waals surface area contributed by atoms with E-state index in [0.717, 1.165) is 4.88 Å². The van der Waals surface area contributed by atoms with Crippen molar-refractivity contribution in [2.45, 2.75) is 38.3 Å². The molecule has 0 aliphatic carbocycles. The predicted molar refractivity (Wildman–Crippen MR) is 79.1 cm³/mol. The number of hydrogen-bond donors (Lipinski definition) is 2. The summed E-state index contributed by atoms with van der Waals surface area (Å²) < 4.78 is 4.59. The van der Waals surface area contributed by atoms with Gasteiger partial charge in [-0.3, -0.25) is 9.59 Å². The number of rotatable bonds is 4. The summed E-state index contributed by atoms with van der Waals surface area (Å²) in [6, 6.07) is 3.60. The van der Waals surface area contributed by atoms with Crippen LogP contribution in [0.25, 0.3) is 0 Å². The third-order valence-corrected chi connectivity index (χ3v) is 4.63. The average molecular weight is 320 g/mol. The van der Waals surface area contributed by atoms with E-state index in [4.69, 9.17) is 0 Å². The van der Waals surface area contributed by atoms with Crippen LogP contribution in [-0.4, -0.2) is 28.2 Å². The standard InChI is InChI=1S/C14H16N4O3S/c1-8-10(18-21-17-8)7-13(20)15-9-4-5-12(19)16-14(9)11-3-2-6-22-11/h2-3,6,9,14H,4-5,7H2,1H3,(H,15,20)(H,16,19)/t9-,14-/m1/s1. The molecule has 0 unspecified atom stereocenters. The Labute approximate surface area is 131 Å². The first kappa shape index (κ1) is 14.7. The lowest BCUT2D eigenvalue weighted by Crippen LogP contribution is -2.50. The molecule has 7 nitrogen and oxygen atoms in total. The predicted octanol–water partition coefficient (Wildman–Crippen LogP) is 1.12. The largest absolute Gasteiger partial charge is 0.351 e. The normalized spacial score (nSPS) is 21.4. The van der Waals surface area contributed by atoms with E-state index in [9.17, 15) is 9.59 Å². The van der Waals surface area contributed by atoms with E-state index in [1.807, 2.05) is 17.5 Å². The molecule has 0 aromatic carbocycles. The molecular weight excluding hydrogens is 304 g/mol. The molecule has 8 heteroatoms. The van der Waals surface area contributed by atoms with Crippen LogP contribution in [0.5, 0.6) is 0 Å². The minimum Gasteiger partial charge on any atom is -0.351 e. The molecule has 0 saturated carbocycles. The smallest absolute Gasteiger partial charge is 0.226 e.